The summed E-state index contributed by atoms with van der Waals surface area (Å²) in [6.07, 6.45) is 0. The topological polar surface area (TPSA) is 43.6 Å². The van der Waals surface area contributed by atoms with Crippen molar-refractivity contribution >= 4 is 11.6 Å². The van der Waals surface area contributed by atoms with Crippen molar-refractivity contribution in [3.8, 4) is 5.82 Å². The van der Waals surface area contributed by atoms with Crippen molar-refractivity contribution in [2.24, 2.45) is 0 Å². The number of hydrogen-bond donors (Lipinski definition) is 0. The van der Waals surface area contributed by atoms with Crippen molar-refractivity contribution < 1.29 is 0 Å². The van der Waals surface area contributed by atoms with Crippen LogP contribution in [-0.4, -0.2) is 19.7 Å². The summed E-state index contributed by atoms with van der Waals surface area (Å²) >= 11 is 6.04. The first-order valence-corrected chi connectivity index (χ1v) is 5.41. The van der Waals surface area contributed by atoms with Crippen LogP contribution in [0, 0.1) is 27.7 Å². The second-order valence-corrected chi connectivity index (χ2v) is 4.21. The highest BCUT2D eigenvalue weighted by Crippen LogP contribution is 2.20. The van der Waals surface area contributed by atoms with E-state index in [-0.39, 0.29) is 0 Å². The highest BCUT2D eigenvalue weighted by Gasteiger charge is 2.12. The van der Waals surface area contributed by atoms with Gasteiger partial charge in [0.25, 0.3) is 0 Å². The van der Waals surface area contributed by atoms with Gasteiger partial charge in [0.1, 0.15) is 11.0 Å². The standard InChI is InChI=1S/C11H13ClN4/c1-6-5-7(2)16(15-6)11-8(3)10(12)13-9(4)14-11/h5H,1-4H3. The summed E-state index contributed by atoms with van der Waals surface area (Å²) in [5.74, 6) is 1.40. The minimum absolute atomic E-state index is 0.482. The average Bonchev–Trinajstić information content (AvgIpc) is 2.51. The summed E-state index contributed by atoms with van der Waals surface area (Å²) in [6, 6.07) is 2.00. The Balaban J connectivity index is 2.68. The van der Waals surface area contributed by atoms with E-state index in [0.29, 0.717) is 11.0 Å². The minimum atomic E-state index is 0.482. The number of hydrogen-bond acceptors (Lipinski definition) is 3. The van der Waals surface area contributed by atoms with Gasteiger partial charge < -0.3 is 0 Å². The van der Waals surface area contributed by atoms with Crippen molar-refractivity contribution in [1.29, 1.82) is 0 Å². The summed E-state index contributed by atoms with van der Waals surface area (Å²) in [5, 5.41) is 4.87. The molecule has 0 aliphatic carbocycles. The van der Waals surface area contributed by atoms with Gasteiger partial charge in [-0.1, -0.05) is 11.6 Å². The van der Waals surface area contributed by atoms with Gasteiger partial charge in [-0.15, -0.1) is 0 Å². The molecule has 2 heterocycles. The fourth-order valence-electron chi connectivity index (χ4n) is 1.63. The first kappa shape index (κ1) is 11.1. The van der Waals surface area contributed by atoms with E-state index < -0.39 is 0 Å². The van der Waals surface area contributed by atoms with Crippen LogP contribution in [0.15, 0.2) is 6.07 Å². The highest BCUT2D eigenvalue weighted by molar-refractivity contribution is 6.30. The third kappa shape index (κ3) is 1.80. The molecule has 0 atom stereocenters. The summed E-state index contributed by atoms with van der Waals surface area (Å²) in [4.78, 5) is 8.49. The molecule has 2 aromatic heterocycles. The number of rotatable bonds is 1. The molecule has 16 heavy (non-hydrogen) atoms. The lowest BCUT2D eigenvalue weighted by Crippen LogP contribution is -2.07. The molecule has 0 amide bonds. The van der Waals surface area contributed by atoms with Crippen molar-refractivity contribution in [2.75, 3.05) is 0 Å². The Morgan fingerprint density at radius 3 is 2.38 bits per heavy atom. The number of nitrogens with zero attached hydrogens (tertiary/aromatic N) is 4. The molecule has 0 saturated carbocycles. The predicted molar refractivity (Wildman–Crippen MR) is 63.1 cm³/mol. The average molecular weight is 237 g/mol. The van der Waals surface area contributed by atoms with E-state index in [1.807, 2.05) is 33.8 Å². The van der Waals surface area contributed by atoms with Gasteiger partial charge in [-0.05, 0) is 33.8 Å². The minimum Gasteiger partial charge on any atom is -0.221 e. The summed E-state index contributed by atoms with van der Waals surface area (Å²) in [7, 11) is 0. The fraction of sp³-hybridized carbons (Fsp3) is 0.364. The van der Waals surface area contributed by atoms with E-state index in [0.717, 1.165) is 22.8 Å². The summed E-state index contributed by atoms with van der Waals surface area (Å²) in [5.41, 5.74) is 2.84. The molecule has 0 bridgehead atoms. The molecule has 0 radical (unpaired) electrons. The fourth-order valence-corrected chi connectivity index (χ4v) is 1.84. The van der Waals surface area contributed by atoms with Gasteiger partial charge in [0, 0.05) is 11.3 Å². The second-order valence-electron chi connectivity index (χ2n) is 3.85. The zero-order valence-corrected chi connectivity index (χ0v) is 10.5. The number of aryl methyl sites for hydroxylation is 3. The molecule has 0 unspecified atom stereocenters. The molecule has 0 aromatic carbocycles. The van der Waals surface area contributed by atoms with Crippen LogP contribution in [0.4, 0.5) is 0 Å². The first-order chi connectivity index (χ1) is 7.49. The maximum absolute atomic E-state index is 6.04. The van der Waals surface area contributed by atoms with Gasteiger partial charge in [0.15, 0.2) is 5.82 Å². The lowest BCUT2D eigenvalue weighted by atomic mass is 10.3. The lowest BCUT2D eigenvalue weighted by Gasteiger charge is -2.08. The Kier molecular flexibility index (Phi) is 2.68. The van der Waals surface area contributed by atoms with Gasteiger partial charge in [-0.3, -0.25) is 0 Å². The molecule has 0 saturated heterocycles. The van der Waals surface area contributed by atoms with Crippen LogP contribution < -0.4 is 0 Å². The van der Waals surface area contributed by atoms with Crippen molar-refractivity contribution in [1.82, 2.24) is 19.7 Å². The van der Waals surface area contributed by atoms with E-state index in [2.05, 4.69) is 15.1 Å². The van der Waals surface area contributed by atoms with Gasteiger partial charge >= 0.3 is 0 Å². The third-order valence-corrected chi connectivity index (χ3v) is 2.75. The smallest absolute Gasteiger partial charge is 0.161 e. The van der Waals surface area contributed by atoms with E-state index >= 15 is 0 Å². The quantitative estimate of drug-likeness (QED) is 0.715. The molecule has 0 fully saturated rings. The maximum Gasteiger partial charge on any atom is 0.161 e. The molecule has 4 nitrogen and oxygen atoms in total. The normalized spacial score (nSPS) is 10.8. The zero-order chi connectivity index (χ0) is 11.9. The van der Waals surface area contributed by atoms with Crippen LogP contribution in [-0.2, 0) is 0 Å². The Morgan fingerprint density at radius 2 is 1.81 bits per heavy atom. The van der Waals surface area contributed by atoms with Gasteiger partial charge in [-0.2, -0.15) is 5.10 Å². The van der Waals surface area contributed by atoms with Crippen LogP contribution in [0.3, 0.4) is 0 Å². The first-order valence-electron chi connectivity index (χ1n) is 5.03. The van der Waals surface area contributed by atoms with Crippen LogP contribution in [0.1, 0.15) is 22.8 Å². The van der Waals surface area contributed by atoms with Crippen molar-refractivity contribution in [3.63, 3.8) is 0 Å². The predicted octanol–water partition coefficient (Wildman–Crippen LogP) is 2.55. The maximum atomic E-state index is 6.04. The molecule has 84 valence electrons. The summed E-state index contributed by atoms with van der Waals surface area (Å²) < 4.78 is 1.80. The molecule has 0 spiro atoms. The molecular formula is C11H13ClN4. The molecule has 2 rings (SSSR count). The van der Waals surface area contributed by atoms with Crippen LogP contribution in [0.5, 0.6) is 0 Å². The van der Waals surface area contributed by atoms with E-state index in [1.165, 1.54) is 0 Å². The molecule has 2 aromatic rings. The van der Waals surface area contributed by atoms with Gasteiger partial charge in [-0.25, -0.2) is 14.6 Å². The van der Waals surface area contributed by atoms with Crippen LogP contribution in [0.25, 0.3) is 5.82 Å². The van der Waals surface area contributed by atoms with E-state index in [4.69, 9.17) is 11.6 Å². The molecular weight excluding hydrogens is 224 g/mol. The zero-order valence-electron chi connectivity index (χ0n) is 9.74. The monoisotopic (exact) mass is 236 g/mol. The molecule has 5 heteroatoms. The van der Waals surface area contributed by atoms with Crippen molar-refractivity contribution in [2.45, 2.75) is 27.7 Å². The highest BCUT2D eigenvalue weighted by atomic mass is 35.5. The van der Waals surface area contributed by atoms with Crippen LogP contribution in [0.2, 0.25) is 5.15 Å². The van der Waals surface area contributed by atoms with E-state index in [9.17, 15) is 0 Å². The largest absolute Gasteiger partial charge is 0.221 e. The molecule has 0 aliphatic rings. The number of aromatic nitrogens is 4. The van der Waals surface area contributed by atoms with Gasteiger partial charge in [0.2, 0.25) is 0 Å². The lowest BCUT2D eigenvalue weighted by molar-refractivity contribution is 0.784. The third-order valence-electron chi connectivity index (χ3n) is 2.38. The molecule has 0 aliphatic heterocycles. The van der Waals surface area contributed by atoms with Crippen LogP contribution >= 0.6 is 11.6 Å². The van der Waals surface area contributed by atoms with Crippen molar-refractivity contribution in [3.05, 3.63) is 34.0 Å². The Bertz CT molecular complexity index is 545. The Hall–Kier alpha value is -1.42. The van der Waals surface area contributed by atoms with Gasteiger partial charge in [0.05, 0.1) is 5.69 Å². The SMILES string of the molecule is Cc1cc(C)n(-c2nc(C)nc(Cl)c2C)n1. The number of halogens is 1. The summed E-state index contributed by atoms with van der Waals surface area (Å²) in [6.45, 7) is 7.66. The Morgan fingerprint density at radius 1 is 1.12 bits per heavy atom. The molecule has 0 N–H and O–H groups in total. The Labute approximate surface area is 99.3 Å². The van der Waals surface area contributed by atoms with E-state index in [1.54, 1.807) is 4.68 Å². The second kappa shape index (κ2) is 3.87.